The molecule has 0 aliphatic carbocycles. The molecule has 0 saturated carbocycles. The van der Waals surface area contributed by atoms with Crippen LogP contribution >= 0.6 is 22.9 Å². The molecule has 0 aromatic heterocycles. The third-order valence-corrected chi connectivity index (χ3v) is 1.63. The summed E-state index contributed by atoms with van der Waals surface area (Å²) in [5.74, 6) is 0.532. The summed E-state index contributed by atoms with van der Waals surface area (Å²) in [7, 11) is 0. The normalized spacial score (nSPS) is 12.4. The molecule has 0 aromatic carbocycles. The van der Waals surface area contributed by atoms with Gasteiger partial charge in [-0.15, -0.1) is 0 Å². The van der Waals surface area contributed by atoms with Gasteiger partial charge in [-0.05, 0) is 12.8 Å². The van der Waals surface area contributed by atoms with Crippen LogP contribution < -0.4 is 0 Å². The molecule has 0 fully saturated rings. The van der Waals surface area contributed by atoms with Crippen molar-refractivity contribution < 1.29 is 0 Å². The summed E-state index contributed by atoms with van der Waals surface area (Å²) in [6.07, 6.45) is 2.06. The van der Waals surface area contributed by atoms with E-state index in [0.29, 0.717) is 5.92 Å². The standard InChI is InChI=1S/C6H11BCl2/c1-5(2)4-6(3)7(8)9/h4-5H,1-3H3/b6-4+. The summed E-state index contributed by atoms with van der Waals surface area (Å²) in [4.78, 5) is 0. The summed E-state index contributed by atoms with van der Waals surface area (Å²) >= 11 is 11.1. The second-order valence-electron chi connectivity index (χ2n) is 2.46. The Hall–Kier alpha value is 0.385. The minimum absolute atomic E-state index is 0.340. The van der Waals surface area contributed by atoms with Crippen LogP contribution in [0.1, 0.15) is 20.8 Å². The van der Waals surface area contributed by atoms with Crippen LogP contribution in [-0.2, 0) is 0 Å². The molecule has 0 heterocycles. The maximum atomic E-state index is 5.57. The van der Waals surface area contributed by atoms with E-state index in [0.717, 1.165) is 5.47 Å². The van der Waals surface area contributed by atoms with Crippen LogP contribution in [0.2, 0.25) is 0 Å². The van der Waals surface area contributed by atoms with E-state index in [-0.39, 0.29) is 5.54 Å². The Balaban J connectivity index is 3.84. The third-order valence-electron chi connectivity index (χ3n) is 0.940. The molecule has 0 atom stereocenters. The maximum Gasteiger partial charge on any atom is 0.378 e. The monoisotopic (exact) mass is 164 g/mol. The molecule has 0 aliphatic heterocycles. The maximum absolute atomic E-state index is 5.57. The van der Waals surface area contributed by atoms with Crippen LogP contribution in [0.5, 0.6) is 0 Å². The second-order valence-corrected chi connectivity index (χ2v) is 3.55. The molecule has 0 aliphatic rings. The van der Waals surface area contributed by atoms with Gasteiger partial charge in [-0.25, -0.2) is 0 Å². The molecule has 3 heteroatoms. The van der Waals surface area contributed by atoms with Crippen LogP contribution in [0.4, 0.5) is 0 Å². The van der Waals surface area contributed by atoms with Crippen molar-refractivity contribution in [3.05, 3.63) is 11.5 Å². The first-order chi connectivity index (χ1) is 4.04. The van der Waals surface area contributed by atoms with E-state index < -0.39 is 0 Å². The SMILES string of the molecule is C/C(=C\C(C)C)B(Cl)Cl. The number of allylic oxidation sites excluding steroid dienone is 2. The largest absolute Gasteiger partial charge is 0.378 e. The van der Waals surface area contributed by atoms with Crippen LogP contribution in [-0.4, -0.2) is 5.54 Å². The minimum Gasteiger partial charge on any atom is -0.165 e. The highest BCUT2D eigenvalue weighted by Gasteiger charge is 2.07. The molecule has 0 bridgehead atoms. The topological polar surface area (TPSA) is 0 Å². The fourth-order valence-corrected chi connectivity index (χ4v) is 0.744. The first-order valence-corrected chi connectivity index (χ1v) is 3.87. The molecular formula is C6H11BCl2. The van der Waals surface area contributed by atoms with Crippen molar-refractivity contribution in [2.75, 3.05) is 0 Å². The molecule has 0 radical (unpaired) electrons. The van der Waals surface area contributed by atoms with Gasteiger partial charge in [0.15, 0.2) is 0 Å². The second kappa shape index (κ2) is 4.24. The summed E-state index contributed by atoms with van der Waals surface area (Å²) in [5, 5.41) is 0. The van der Waals surface area contributed by atoms with E-state index in [9.17, 15) is 0 Å². The summed E-state index contributed by atoms with van der Waals surface area (Å²) in [6, 6.07) is 0. The highest BCUT2D eigenvalue weighted by Crippen LogP contribution is 2.10. The van der Waals surface area contributed by atoms with E-state index in [2.05, 4.69) is 19.9 Å². The van der Waals surface area contributed by atoms with E-state index in [4.69, 9.17) is 22.9 Å². The number of halogens is 2. The Morgan fingerprint density at radius 2 is 1.89 bits per heavy atom. The lowest BCUT2D eigenvalue weighted by Gasteiger charge is -1.99. The highest BCUT2D eigenvalue weighted by atomic mass is 35.5. The molecular weight excluding hydrogens is 154 g/mol. The lowest BCUT2D eigenvalue weighted by atomic mass is 9.91. The molecule has 52 valence electrons. The van der Waals surface area contributed by atoms with Gasteiger partial charge in [0.25, 0.3) is 0 Å². The average Bonchev–Trinajstić information content (AvgIpc) is 1.63. The minimum atomic E-state index is -0.340. The van der Waals surface area contributed by atoms with Gasteiger partial charge in [0, 0.05) is 0 Å². The van der Waals surface area contributed by atoms with Gasteiger partial charge < -0.3 is 0 Å². The molecule has 0 unspecified atom stereocenters. The molecule has 0 saturated heterocycles. The molecule has 9 heavy (non-hydrogen) atoms. The predicted molar refractivity (Wildman–Crippen MR) is 46.1 cm³/mol. The third kappa shape index (κ3) is 4.86. The number of hydrogen-bond donors (Lipinski definition) is 0. The van der Waals surface area contributed by atoms with Gasteiger partial charge in [0.1, 0.15) is 0 Å². The molecule has 0 rings (SSSR count). The molecule has 0 N–H and O–H groups in total. The lowest BCUT2D eigenvalue weighted by Crippen LogP contribution is -1.96. The van der Waals surface area contributed by atoms with E-state index in [1.165, 1.54) is 0 Å². The Bertz CT molecular complexity index is 108. The van der Waals surface area contributed by atoms with Gasteiger partial charge in [-0.3, -0.25) is 0 Å². The Labute approximate surface area is 67.1 Å². The van der Waals surface area contributed by atoms with Crippen molar-refractivity contribution in [3.63, 3.8) is 0 Å². The fraction of sp³-hybridized carbons (Fsp3) is 0.667. The van der Waals surface area contributed by atoms with Gasteiger partial charge >= 0.3 is 5.54 Å². The summed E-state index contributed by atoms with van der Waals surface area (Å²) < 4.78 is 0. The van der Waals surface area contributed by atoms with Crippen LogP contribution in [0.15, 0.2) is 11.5 Å². The van der Waals surface area contributed by atoms with Crippen molar-refractivity contribution in [1.82, 2.24) is 0 Å². The average molecular weight is 165 g/mol. The Kier molecular flexibility index (Phi) is 4.42. The zero-order valence-electron chi connectivity index (χ0n) is 5.99. The highest BCUT2D eigenvalue weighted by molar-refractivity contribution is 7.36. The zero-order valence-corrected chi connectivity index (χ0v) is 7.50. The number of hydrogen-bond acceptors (Lipinski definition) is 0. The first kappa shape index (κ1) is 9.38. The molecule has 0 amide bonds. The van der Waals surface area contributed by atoms with Crippen molar-refractivity contribution >= 4 is 28.5 Å². The molecule has 0 nitrogen and oxygen atoms in total. The number of rotatable bonds is 2. The Morgan fingerprint density at radius 1 is 1.44 bits per heavy atom. The smallest absolute Gasteiger partial charge is 0.165 e. The van der Waals surface area contributed by atoms with Crippen molar-refractivity contribution in [2.45, 2.75) is 20.8 Å². The van der Waals surface area contributed by atoms with Gasteiger partial charge in [-0.2, -0.15) is 22.9 Å². The van der Waals surface area contributed by atoms with Crippen molar-refractivity contribution in [3.8, 4) is 0 Å². The summed E-state index contributed by atoms with van der Waals surface area (Å²) in [5.41, 5.74) is 0.695. The van der Waals surface area contributed by atoms with Gasteiger partial charge in [0.2, 0.25) is 0 Å². The van der Waals surface area contributed by atoms with Crippen LogP contribution in [0.25, 0.3) is 0 Å². The quantitative estimate of drug-likeness (QED) is 0.551. The van der Waals surface area contributed by atoms with E-state index in [1.54, 1.807) is 0 Å². The summed E-state index contributed by atoms with van der Waals surface area (Å²) in [6.45, 7) is 6.13. The van der Waals surface area contributed by atoms with E-state index >= 15 is 0 Å². The van der Waals surface area contributed by atoms with E-state index in [1.807, 2.05) is 6.92 Å². The van der Waals surface area contributed by atoms with Crippen molar-refractivity contribution in [1.29, 1.82) is 0 Å². The van der Waals surface area contributed by atoms with Gasteiger partial charge in [-0.1, -0.05) is 25.4 Å². The first-order valence-electron chi connectivity index (χ1n) is 3.00. The lowest BCUT2D eigenvalue weighted by molar-refractivity contribution is 0.828. The molecule has 0 aromatic rings. The van der Waals surface area contributed by atoms with Crippen LogP contribution in [0, 0.1) is 5.92 Å². The van der Waals surface area contributed by atoms with Crippen molar-refractivity contribution in [2.24, 2.45) is 5.92 Å². The molecule has 0 spiro atoms. The predicted octanol–water partition coefficient (Wildman–Crippen LogP) is 3.09. The zero-order chi connectivity index (χ0) is 7.44. The van der Waals surface area contributed by atoms with Gasteiger partial charge in [0.05, 0.1) is 0 Å². The fourth-order valence-electron chi connectivity index (χ4n) is 0.599. The Morgan fingerprint density at radius 3 is 2.00 bits per heavy atom. The van der Waals surface area contributed by atoms with Crippen LogP contribution in [0.3, 0.4) is 0 Å².